The van der Waals surface area contributed by atoms with Gasteiger partial charge >= 0.3 is 0 Å². The molecule has 1 aromatic carbocycles. The van der Waals surface area contributed by atoms with E-state index >= 15 is 0 Å². The highest BCUT2D eigenvalue weighted by atomic mass is 79.9. The lowest BCUT2D eigenvalue weighted by Gasteiger charge is -2.09. The van der Waals surface area contributed by atoms with E-state index in [9.17, 15) is 5.11 Å². The Balaban J connectivity index is 2.08. The number of phenols is 1. The van der Waals surface area contributed by atoms with E-state index in [1.54, 1.807) is 12.3 Å². The number of pyridine rings is 1. The lowest BCUT2D eigenvalue weighted by molar-refractivity contribution is 0.471. The molecule has 0 unspecified atom stereocenters. The molecule has 0 amide bonds. The van der Waals surface area contributed by atoms with Crippen molar-refractivity contribution < 1.29 is 5.11 Å². The molecule has 0 bridgehead atoms. The summed E-state index contributed by atoms with van der Waals surface area (Å²) in [6, 6.07) is 7.43. The van der Waals surface area contributed by atoms with Crippen LogP contribution in [0.1, 0.15) is 11.1 Å². The van der Waals surface area contributed by atoms with Crippen LogP contribution in [0.2, 0.25) is 0 Å². The molecule has 0 aliphatic carbocycles. The molecule has 2 rings (SSSR count). The number of aryl methyl sites for hydroxylation is 1. The predicted molar refractivity (Wildman–Crippen MR) is 72.1 cm³/mol. The summed E-state index contributed by atoms with van der Waals surface area (Å²) >= 11 is 3.30. The van der Waals surface area contributed by atoms with Gasteiger partial charge in [-0.2, -0.15) is 0 Å². The molecule has 1 aromatic heterocycles. The number of anilines is 1. The first-order valence-electron chi connectivity index (χ1n) is 5.28. The van der Waals surface area contributed by atoms with Crippen molar-refractivity contribution in [2.75, 3.05) is 5.32 Å². The molecule has 2 N–H and O–H groups in total. The largest absolute Gasteiger partial charge is 0.507 e. The maximum atomic E-state index is 9.40. The number of aromatic nitrogens is 1. The number of aromatic hydroxyl groups is 1. The lowest BCUT2D eigenvalue weighted by Crippen LogP contribution is -2.01. The molecule has 0 radical (unpaired) electrons. The van der Waals surface area contributed by atoms with Gasteiger partial charge in [-0.25, -0.2) is 0 Å². The van der Waals surface area contributed by atoms with Crippen molar-refractivity contribution in [3.8, 4) is 5.75 Å². The molecule has 0 saturated heterocycles. The molecule has 0 aliphatic heterocycles. The first kappa shape index (κ1) is 11.9. The Morgan fingerprint density at radius 2 is 2.18 bits per heavy atom. The van der Waals surface area contributed by atoms with E-state index < -0.39 is 0 Å². The quantitative estimate of drug-likeness (QED) is 0.910. The maximum absolute atomic E-state index is 9.40. The van der Waals surface area contributed by atoms with Gasteiger partial charge in [-0.05, 0) is 52.2 Å². The Hall–Kier alpha value is -1.55. The molecule has 0 aliphatic rings. The average molecular weight is 293 g/mol. The van der Waals surface area contributed by atoms with E-state index in [1.165, 1.54) is 0 Å². The zero-order chi connectivity index (χ0) is 12.3. The Kier molecular flexibility index (Phi) is 3.64. The van der Waals surface area contributed by atoms with Gasteiger partial charge in [-0.15, -0.1) is 0 Å². The fourth-order valence-corrected chi connectivity index (χ4v) is 1.93. The van der Waals surface area contributed by atoms with Crippen molar-refractivity contribution in [3.05, 3.63) is 52.3 Å². The minimum atomic E-state index is 0.256. The molecule has 2 aromatic rings. The molecule has 17 heavy (non-hydrogen) atoms. The highest BCUT2D eigenvalue weighted by molar-refractivity contribution is 9.10. The topological polar surface area (TPSA) is 45.2 Å². The van der Waals surface area contributed by atoms with Crippen molar-refractivity contribution >= 4 is 21.6 Å². The van der Waals surface area contributed by atoms with Gasteiger partial charge in [0, 0.05) is 12.7 Å². The number of benzene rings is 1. The summed E-state index contributed by atoms with van der Waals surface area (Å²) in [7, 11) is 0. The number of phenolic OH excluding ortho intramolecular Hbond substituents is 1. The van der Waals surface area contributed by atoms with Crippen LogP contribution in [-0.2, 0) is 6.54 Å². The molecule has 0 fully saturated rings. The van der Waals surface area contributed by atoms with Crippen LogP contribution >= 0.6 is 15.9 Å². The van der Waals surface area contributed by atoms with E-state index in [1.807, 2.05) is 31.3 Å². The van der Waals surface area contributed by atoms with Crippen LogP contribution in [0, 0.1) is 6.92 Å². The van der Waals surface area contributed by atoms with Gasteiger partial charge in [0.25, 0.3) is 0 Å². The van der Waals surface area contributed by atoms with Gasteiger partial charge in [0.05, 0.1) is 16.4 Å². The minimum Gasteiger partial charge on any atom is -0.507 e. The van der Waals surface area contributed by atoms with Gasteiger partial charge in [0.1, 0.15) is 5.75 Å². The third-order valence-corrected chi connectivity index (χ3v) is 3.17. The predicted octanol–water partition coefficient (Wildman–Crippen LogP) is 3.47. The fourth-order valence-electron chi connectivity index (χ4n) is 1.51. The number of hydrogen-bond acceptors (Lipinski definition) is 3. The number of rotatable bonds is 3. The van der Waals surface area contributed by atoms with E-state index in [0.29, 0.717) is 11.0 Å². The van der Waals surface area contributed by atoms with Crippen molar-refractivity contribution in [2.24, 2.45) is 0 Å². The van der Waals surface area contributed by atoms with E-state index in [2.05, 4.69) is 26.2 Å². The number of nitrogens with zero attached hydrogens (tertiary/aromatic N) is 1. The standard InChI is InChI=1S/C13H13BrN2O/c1-9-4-5-15-8-12(9)16-7-10-2-3-13(17)11(14)6-10/h2-6,8,16-17H,7H2,1H3. The Bertz CT molecular complexity index is 529. The molecule has 3 nitrogen and oxygen atoms in total. The molecule has 4 heteroatoms. The second kappa shape index (κ2) is 5.19. The molecular weight excluding hydrogens is 280 g/mol. The molecule has 0 spiro atoms. The number of nitrogens with one attached hydrogen (secondary N) is 1. The van der Waals surface area contributed by atoms with Gasteiger partial charge in [-0.3, -0.25) is 4.98 Å². The monoisotopic (exact) mass is 292 g/mol. The average Bonchev–Trinajstić information content (AvgIpc) is 2.32. The molecule has 1 heterocycles. The minimum absolute atomic E-state index is 0.256. The van der Waals surface area contributed by atoms with Crippen LogP contribution < -0.4 is 5.32 Å². The molecular formula is C13H13BrN2O. The van der Waals surface area contributed by atoms with Gasteiger partial charge in [0.2, 0.25) is 0 Å². The van der Waals surface area contributed by atoms with Crippen molar-refractivity contribution in [1.29, 1.82) is 0 Å². The zero-order valence-corrected chi connectivity index (χ0v) is 11.0. The van der Waals surface area contributed by atoms with Crippen molar-refractivity contribution in [2.45, 2.75) is 13.5 Å². The van der Waals surface area contributed by atoms with Crippen molar-refractivity contribution in [1.82, 2.24) is 4.98 Å². The summed E-state index contributed by atoms with van der Waals surface area (Å²) in [5.74, 6) is 0.256. The Morgan fingerprint density at radius 3 is 2.88 bits per heavy atom. The third kappa shape index (κ3) is 2.97. The second-order valence-electron chi connectivity index (χ2n) is 3.83. The van der Waals surface area contributed by atoms with Crippen molar-refractivity contribution in [3.63, 3.8) is 0 Å². The van der Waals surface area contributed by atoms with E-state index in [0.717, 1.165) is 16.8 Å². The summed E-state index contributed by atoms with van der Waals surface area (Å²) in [4.78, 5) is 4.08. The van der Waals surface area contributed by atoms with Crippen LogP contribution in [-0.4, -0.2) is 10.1 Å². The third-order valence-electron chi connectivity index (χ3n) is 2.53. The fraction of sp³-hybridized carbons (Fsp3) is 0.154. The Morgan fingerprint density at radius 1 is 1.35 bits per heavy atom. The van der Waals surface area contributed by atoms with Crippen LogP contribution in [0.25, 0.3) is 0 Å². The van der Waals surface area contributed by atoms with E-state index in [-0.39, 0.29) is 5.75 Å². The number of halogens is 1. The zero-order valence-electron chi connectivity index (χ0n) is 9.44. The van der Waals surface area contributed by atoms with Crippen LogP contribution in [0.15, 0.2) is 41.1 Å². The molecule has 0 atom stereocenters. The van der Waals surface area contributed by atoms with E-state index in [4.69, 9.17) is 0 Å². The lowest BCUT2D eigenvalue weighted by atomic mass is 10.2. The second-order valence-corrected chi connectivity index (χ2v) is 4.68. The normalized spacial score (nSPS) is 10.2. The van der Waals surface area contributed by atoms with Gasteiger partial charge in [-0.1, -0.05) is 6.07 Å². The molecule has 0 saturated carbocycles. The highest BCUT2D eigenvalue weighted by Gasteiger charge is 2.01. The number of hydrogen-bond donors (Lipinski definition) is 2. The summed E-state index contributed by atoms with van der Waals surface area (Å²) in [5, 5.41) is 12.7. The SMILES string of the molecule is Cc1ccncc1NCc1ccc(O)c(Br)c1. The smallest absolute Gasteiger partial charge is 0.129 e. The summed E-state index contributed by atoms with van der Waals surface area (Å²) in [5.41, 5.74) is 3.28. The molecule has 88 valence electrons. The first-order valence-corrected chi connectivity index (χ1v) is 6.08. The van der Waals surface area contributed by atoms with Gasteiger partial charge < -0.3 is 10.4 Å². The maximum Gasteiger partial charge on any atom is 0.129 e. The summed E-state index contributed by atoms with van der Waals surface area (Å²) < 4.78 is 0.708. The first-order chi connectivity index (χ1) is 8.16. The summed E-state index contributed by atoms with van der Waals surface area (Å²) in [6.07, 6.45) is 3.59. The Labute approximate surface area is 109 Å². The highest BCUT2D eigenvalue weighted by Crippen LogP contribution is 2.24. The summed E-state index contributed by atoms with van der Waals surface area (Å²) in [6.45, 7) is 2.74. The van der Waals surface area contributed by atoms with Crippen LogP contribution in [0.5, 0.6) is 5.75 Å². The van der Waals surface area contributed by atoms with Crippen LogP contribution in [0.3, 0.4) is 0 Å². The van der Waals surface area contributed by atoms with Crippen LogP contribution in [0.4, 0.5) is 5.69 Å². The van der Waals surface area contributed by atoms with Gasteiger partial charge in [0.15, 0.2) is 0 Å².